The topological polar surface area (TPSA) is 120 Å². The highest BCUT2D eigenvalue weighted by Crippen LogP contribution is 2.20. The van der Waals surface area contributed by atoms with Gasteiger partial charge < -0.3 is 11.1 Å². The third kappa shape index (κ3) is 3.87. The first-order valence-corrected chi connectivity index (χ1v) is 7.92. The predicted molar refractivity (Wildman–Crippen MR) is 94.3 cm³/mol. The Bertz CT molecular complexity index is 879. The monoisotopic (exact) mass is 339 g/mol. The largest absolute Gasteiger partial charge is 0.368 e. The van der Waals surface area contributed by atoms with Gasteiger partial charge in [0.25, 0.3) is 0 Å². The van der Waals surface area contributed by atoms with Crippen molar-refractivity contribution in [2.75, 3.05) is 11.1 Å². The van der Waals surface area contributed by atoms with Crippen molar-refractivity contribution in [3.05, 3.63) is 41.5 Å². The van der Waals surface area contributed by atoms with Crippen LogP contribution in [0.4, 0.5) is 17.6 Å². The van der Waals surface area contributed by atoms with Gasteiger partial charge in [0.2, 0.25) is 11.9 Å². The summed E-state index contributed by atoms with van der Waals surface area (Å²) in [6.45, 7) is 8.45. The van der Waals surface area contributed by atoms with Crippen molar-refractivity contribution in [1.29, 1.82) is 0 Å². The van der Waals surface area contributed by atoms with E-state index in [2.05, 4.69) is 35.8 Å². The fourth-order valence-electron chi connectivity index (χ4n) is 2.38. The third-order valence-corrected chi connectivity index (χ3v) is 3.58. The number of para-hydroxylation sites is 1. The Morgan fingerprint density at radius 2 is 1.88 bits per heavy atom. The van der Waals surface area contributed by atoms with Crippen molar-refractivity contribution in [3.63, 3.8) is 0 Å². The highest BCUT2D eigenvalue weighted by Gasteiger charge is 2.22. The SMILES string of the molecule is Cc1ccccc1Nc1nc(N)nc(Cn2nnnc2C(C)(C)C)n1. The first-order valence-electron chi connectivity index (χ1n) is 7.92. The molecular formula is C16H21N9. The molecule has 2 heterocycles. The predicted octanol–water partition coefficient (Wildman–Crippen LogP) is 1.84. The number of nitrogen functional groups attached to an aromatic ring is 1. The Kier molecular flexibility index (Phi) is 4.30. The Labute approximate surface area is 145 Å². The molecule has 0 saturated carbocycles. The zero-order valence-corrected chi connectivity index (χ0v) is 14.7. The van der Waals surface area contributed by atoms with Gasteiger partial charge in [0.05, 0.1) is 0 Å². The van der Waals surface area contributed by atoms with E-state index < -0.39 is 0 Å². The fraction of sp³-hybridized carbons (Fsp3) is 0.375. The quantitative estimate of drug-likeness (QED) is 0.738. The number of aryl methyl sites for hydroxylation is 1. The molecule has 3 aromatic rings. The minimum absolute atomic E-state index is 0.145. The van der Waals surface area contributed by atoms with Gasteiger partial charge in [-0.1, -0.05) is 39.0 Å². The average Bonchev–Trinajstić information content (AvgIpc) is 2.97. The number of anilines is 3. The molecule has 0 radical (unpaired) electrons. The molecule has 0 atom stereocenters. The van der Waals surface area contributed by atoms with Crippen LogP contribution in [-0.4, -0.2) is 35.2 Å². The number of rotatable bonds is 4. The number of nitrogens with two attached hydrogens (primary N) is 1. The molecule has 0 spiro atoms. The third-order valence-electron chi connectivity index (χ3n) is 3.58. The maximum Gasteiger partial charge on any atom is 0.232 e. The van der Waals surface area contributed by atoms with Crippen molar-refractivity contribution in [3.8, 4) is 0 Å². The summed E-state index contributed by atoms with van der Waals surface area (Å²) in [5, 5.41) is 15.0. The molecule has 3 rings (SSSR count). The van der Waals surface area contributed by atoms with Crippen LogP contribution in [0.3, 0.4) is 0 Å². The number of tetrazole rings is 1. The normalized spacial score (nSPS) is 11.5. The lowest BCUT2D eigenvalue weighted by atomic mass is 9.96. The standard InChI is InChI=1S/C16H21N9/c1-10-7-5-6-8-11(10)18-15-20-12(19-14(17)21-15)9-25-13(16(2,3)4)22-23-24-25/h5-8H,9H2,1-4H3,(H3,17,18,19,20,21). The molecular weight excluding hydrogens is 318 g/mol. The van der Waals surface area contributed by atoms with Gasteiger partial charge in [0.1, 0.15) is 6.54 Å². The Morgan fingerprint density at radius 3 is 2.60 bits per heavy atom. The van der Waals surface area contributed by atoms with E-state index in [1.807, 2.05) is 52.0 Å². The van der Waals surface area contributed by atoms with Crippen molar-refractivity contribution >= 4 is 17.6 Å². The second kappa shape index (κ2) is 6.42. The molecule has 1 aromatic carbocycles. The lowest BCUT2D eigenvalue weighted by molar-refractivity contribution is 0.484. The zero-order valence-electron chi connectivity index (χ0n) is 14.7. The molecule has 2 aromatic heterocycles. The first kappa shape index (κ1) is 16.7. The first-order chi connectivity index (χ1) is 11.8. The number of hydrogen-bond acceptors (Lipinski definition) is 8. The summed E-state index contributed by atoms with van der Waals surface area (Å²) in [4.78, 5) is 12.8. The zero-order chi connectivity index (χ0) is 18.0. The highest BCUT2D eigenvalue weighted by atomic mass is 15.5. The Balaban J connectivity index is 1.88. The van der Waals surface area contributed by atoms with Crippen LogP contribution in [0.5, 0.6) is 0 Å². The number of hydrogen-bond donors (Lipinski definition) is 2. The fourth-order valence-corrected chi connectivity index (χ4v) is 2.38. The molecule has 25 heavy (non-hydrogen) atoms. The van der Waals surface area contributed by atoms with Crippen LogP contribution < -0.4 is 11.1 Å². The summed E-state index contributed by atoms with van der Waals surface area (Å²) < 4.78 is 1.67. The molecule has 0 bridgehead atoms. The summed E-state index contributed by atoms with van der Waals surface area (Å²) in [5.41, 5.74) is 7.65. The Hall–Kier alpha value is -3.10. The van der Waals surface area contributed by atoms with E-state index in [1.165, 1.54) is 0 Å². The van der Waals surface area contributed by atoms with Gasteiger partial charge in [-0.3, -0.25) is 0 Å². The molecule has 0 aliphatic carbocycles. The molecule has 3 N–H and O–H groups in total. The van der Waals surface area contributed by atoms with E-state index in [0.717, 1.165) is 17.1 Å². The highest BCUT2D eigenvalue weighted by molar-refractivity contribution is 5.58. The van der Waals surface area contributed by atoms with E-state index in [9.17, 15) is 0 Å². The van der Waals surface area contributed by atoms with Crippen LogP contribution in [0.15, 0.2) is 24.3 Å². The summed E-state index contributed by atoms with van der Waals surface area (Å²) in [7, 11) is 0. The molecule has 0 unspecified atom stereocenters. The second-order valence-corrected chi connectivity index (χ2v) is 6.78. The molecule has 0 aliphatic heterocycles. The molecule has 0 aliphatic rings. The van der Waals surface area contributed by atoms with Crippen molar-refractivity contribution in [2.45, 2.75) is 39.7 Å². The Morgan fingerprint density at radius 1 is 1.12 bits per heavy atom. The van der Waals surface area contributed by atoms with Gasteiger partial charge in [-0.25, -0.2) is 4.68 Å². The van der Waals surface area contributed by atoms with Gasteiger partial charge in [-0.15, -0.1) is 5.10 Å². The van der Waals surface area contributed by atoms with E-state index in [4.69, 9.17) is 5.73 Å². The summed E-state index contributed by atoms with van der Waals surface area (Å²) >= 11 is 0. The molecule has 0 fully saturated rings. The molecule has 9 nitrogen and oxygen atoms in total. The van der Waals surface area contributed by atoms with Gasteiger partial charge in [-0.2, -0.15) is 15.0 Å². The smallest absolute Gasteiger partial charge is 0.232 e. The molecule has 0 saturated heterocycles. The van der Waals surface area contributed by atoms with E-state index in [1.54, 1.807) is 4.68 Å². The van der Waals surface area contributed by atoms with E-state index in [-0.39, 0.29) is 11.4 Å². The summed E-state index contributed by atoms with van der Waals surface area (Å²) in [5.74, 6) is 1.77. The number of nitrogens with one attached hydrogen (secondary N) is 1. The minimum atomic E-state index is -0.190. The maximum atomic E-state index is 5.84. The number of benzene rings is 1. The van der Waals surface area contributed by atoms with E-state index >= 15 is 0 Å². The number of aromatic nitrogens is 7. The molecule has 130 valence electrons. The van der Waals surface area contributed by atoms with Crippen LogP contribution in [0, 0.1) is 6.92 Å². The van der Waals surface area contributed by atoms with Gasteiger partial charge in [-0.05, 0) is 29.0 Å². The van der Waals surface area contributed by atoms with Crippen LogP contribution in [-0.2, 0) is 12.0 Å². The van der Waals surface area contributed by atoms with Gasteiger partial charge in [0, 0.05) is 11.1 Å². The van der Waals surface area contributed by atoms with Crippen molar-refractivity contribution < 1.29 is 0 Å². The maximum absolute atomic E-state index is 5.84. The average molecular weight is 339 g/mol. The van der Waals surface area contributed by atoms with Crippen molar-refractivity contribution in [2.24, 2.45) is 0 Å². The van der Waals surface area contributed by atoms with Crippen LogP contribution >= 0.6 is 0 Å². The lowest BCUT2D eigenvalue weighted by Gasteiger charge is -2.16. The van der Waals surface area contributed by atoms with E-state index in [0.29, 0.717) is 18.3 Å². The molecule has 0 amide bonds. The second-order valence-electron chi connectivity index (χ2n) is 6.78. The van der Waals surface area contributed by atoms with Crippen LogP contribution in [0.25, 0.3) is 0 Å². The van der Waals surface area contributed by atoms with Gasteiger partial charge >= 0.3 is 0 Å². The van der Waals surface area contributed by atoms with Gasteiger partial charge in [0.15, 0.2) is 11.6 Å². The van der Waals surface area contributed by atoms with Crippen LogP contribution in [0.2, 0.25) is 0 Å². The lowest BCUT2D eigenvalue weighted by Crippen LogP contribution is -2.21. The van der Waals surface area contributed by atoms with Crippen LogP contribution in [0.1, 0.15) is 38.0 Å². The number of nitrogens with zero attached hydrogens (tertiary/aromatic N) is 7. The molecule has 9 heteroatoms. The minimum Gasteiger partial charge on any atom is -0.368 e. The summed E-state index contributed by atoms with van der Waals surface area (Å²) in [6, 6.07) is 7.87. The summed E-state index contributed by atoms with van der Waals surface area (Å²) in [6.07, 6.45) is 0. The van der Waals surface area contributed by atoms with Crippen molar-refractivity contribution in [1.82, 2.24) is 35.2 Å².